The van der Waals surface area contributed by atoms with Gasteiger partial charge in [-0.2, -0.15) is 0 Å². The molecular formula is C13H19NO. The summed E-state index contributed by atoms with van der Waals surface area (Å²) in [5.41, 5.74) is 8.80. The van der Waals surface area contributed by atoms with Gasteiger partial charge in [-0.15, -0.1) is 0 Å². The van der Waals surface area contributed by atoms with E-state index in [1.807, 2.05) is 0 Å². The first kappa shape index (κ1) is 10.7. The lowest BCUT2D eigenvalue weighted by molar-refractivity contribution is 0.288. The summed E-state index contributed by atoms with van der Waals surface area (Å²) in [4.78, 5) is 0. The van der Waals surface area contributed by atoms with E-state index in [1.54, 1.807) is 0 Å². The monoisotopic (exact) mass is 205 g/mol. The molecule has 1 aromatic rings. The van der Waals surface area contributed by atoms with Gasteiger partial charge in [0.05, 0.1) is 0 Å². The normalized spacial score (nSPS) is 17.7. The van der Waals surface area contributed by atoms with Crippen LogP contribution in [-0.4, -0.2) is 17.3 Å². The van der Waals surface area contributed by atoms with Gasteiger partial charge in [-0.25, -0.2) is 0 Å². The molecule has 0 amide bonds. The van der Waals surface area contributed by atoms with E-state index in [0.29, 0.717) is 0 Å². The number of hydrogen-bond donors (Lipinski definition) is 2. The summed E-state index contributed by atoms with van der Waals surface area (Å²) >= 11 is 0. The molecule has 0 radical (unpaired) electrons. The van der Waals surface area contributed by atoms with Crippen LogP contribution in [0.5, 0.6) is 0 Å². The van der Waals surface area contributed by atoms with E-state index in [-0.39, 0.29) is 12.1 Å². The van der Waals surface area contributed by atoms with Gasteiger partial charge in [0, 0.05) is 12.1 Å². The first-order valence-electron chi connectivity index (χ1n) is 5.69. The summed E-state index contributed by atoms with van der Waals surface area (Å²) in [6.07, 6.45) is 5.15. The van der Waals surface area contributed by atoms with Crippen LogP contribution in [0.2, 0.25) is 0 Å². The van der Waals surface area contributed by atoms with Crippen molar-refractivity contribution < 1.29 is 5.11 Å². The highest BCUT2D eigenvalue weighted by atomic mass is 16.2. The van der Waals surface area contributed by atoms with E-state index >= 15 is 0 Å². The highest BCUT2D eigenvalue weighted by Crippen LogP contribution is 2.35. The van der Waals surface area contributed by atoms with Gasteiger partial charge in [-0.1, -0.05) is 24.3 Å². The van der Waals surface area contributed by atoms with Gasteiger partial charge in [0.25, 0.3) is 0 Å². The van der Waals surface area contributed by atoms with Gasteiger partial charge in [-0.05, 0) is 43.2 Å². The second-order valence-corrected chi connectivity index (χ2v) is 4.68. The van der Waals surface area contributed by atoms with Crippen molar-refractivity contribution in [2.75, 3.05) is 6.61 Å². The lowest BCUT2D eigenvalue weighted by Crippen LogP contribution is -2.24. The van der Waals surface area contributed by atoms with E-state index in [9.17, 15) is 0 Å². The first-order chi connectivity index (χ1) is 7.22. The average molecular weight is 205 g/mol. The van der Waals surface area contributed by atoms with Gasteiger partial charge in [0.1, 0.15) is 0 Å². The average Bonchev–Trinajstić information content (AvgIpc) is 2.95. The van der Waals surface area contributed by atoms with Crippen LogP contribution in [0, 0.1) is 0 Å². The quantitative estimate of drug-likeness (QED) is 0.767. The smallest absolute Gasteiger partial charge is 0.0434 e. The molecule has 82 valence electrons. The molecule has 0 saturated heterocycles. The molecule has 0 bridgehead atoms. The van der Waals surface area contributed by atoms with Crippen molar-refractivity contribution in [1.29, 1.82) is 0 Å². The Morgan fingerprint density at radius 2 is 1.73 bits per heavy atom. The van der Waals surface area contributed by atoms with Crippen LogP contribution in [-0.2, 0) is 12.8 Å². The minimum Gasteiger partial charge on any atom is -0.396 e. The molecule has 1 aromatic carbocycles. The number of aliphatic hydroxyl groups excluding tert-OH is 1. The molecule has 0 heterocycles. The standard InChI is InChI=1S/C13H19NO/c14-13(7-8-13)10-12-5-3-11(4-6-12)2-1-9-15/h3-6,15H,1-2,7-10,14H2. The fourth-order valence-corrected chi connectivity index (χ4v) is 1.85. The summed E-state index contributed by atoms with van der Waals surface area (Å²) in [6, 6.07) is 8.63. The number of benzene rings is 1. The molecule has 0 atom stereocenters. The molecule has 15 heavy (non-hydrogen) atoms. The van der Waals surface area contributed by atoms with Gasteiger partial charge < -0.3 is 10.8 Å². The van der Waals surface area contributed by atoms with Crippen LogP contribution in [0.25, 0.3) is 0 Å². The molecule has 0 aliphatic heterocycles. The Morgan fingerprint density at radius 3 is 2.27 bits per heavy atom. The molecule has 1 saturated carbocycles. The third-order valence-corrected chi connectivity index (χ3v) is 3.09. The van der Waals surface area contributed by atoms with Crippen molar-refractivity contribution in [3.05, 3.63) is 35.4 Å². The predicted molar refractivity (Wildman–Crippen MR) is 61.7 cm³/mol. The zero-order valence-corrected chi connectivity index (χ0v) is 9.08. The van der Waals surface area contributed by atoms with Gasteiger partial charge in [0.15, 0.2) is 0 Å². The summed E-state index contributed by atoms with van der Waals surface area (Å²) in [5.74, 6) is 0. The molecule has 3 N–H and O–H groups in total. The Labute approximate surface area is 91.1 Å². The molecule has 2 nitrogen and oxygen atoms in total. The summed E-state index contributed by atoms with van der Waals surface area (Å²) in [7, 11) is 0. The third-order valence-electron chi connectivity index (χ3n) is 3.09. The molecule has 2 rings (SSSR count). The Bertz CT molecular complexity index is 314. The van der Waals surface area contributed by atoms with Gasteiger partial charge in [-0.3, -0.25) is 0 Å². The fourth-order valence-electron chi connectivity index (χ4n) is 1.85. The van der Waals surface area contributed by atoms with Crippen LogP contribution in [0.4, 0.5) is 0 Å². The molecule has 1 aliphatic carbocycles. The van der Waals surface area contributed by atoms with Crippen LogP contribution in [0.15, 0.2) is 24.3 Å². The number of rotatable bonds is 5. The second kappa shape index (κ2) is 4.33. The van der Waals surface area contributed by atoms with Crippen molar-refractivity contribution in [2.24, 2.45) is 5.73 Å². The van der Waals surface area contributed by atoms with Crippen molar-refractivity contribution in [1.82, 2.24) is 0 Å². The Morgan fingerprint density at radius 1 is 1.13 bits per heavy atom. The van der Waals surface area contributed by atoms with Crippen LogP contribution in [0.3, 0.4) is 0 Å². The Kier molecular flexibility index (Phi) is 3.08. The van der Waals surface area contributed by atoms with E-state index in [1.165, 1.54) is 24.0 Å². The van der Waals surface area contributed by atoms with Crippen LogP contribution in [0.1, 0.15) is 30.4 Å². The molecule has 2 heteroatoms. The molecule has 0 aromatic heterocycles. The lowest BCUT2D eigenvalue weighted by atomic mass is 10.0. The zero-order valence-electron chi connectivity index (χ0n) is 9.08. The Balaban J connectivity index is 1.91. The second-order valence-electron chi connectivity index (χ2n) is 4.68. The van der Waals surface area contributed by atoms with Crippen molar-refractivity contribution in [3.8, 4) is 0 Å². The van der Waals surface area contributed by atoms with Gasteiger partial charge in [0.2, 0.25) is 0 Å². The predicted octanol–water partition coefficient (Wildman–Crippen LogP) is 1.65. The largest absolute Gasteiger partial charge is 0.396 e. The molecule has 0 unspecified atom stereocenters. The zero-order chi connectivity index (χ0) is 10.7. The molecular weight excluding hydrogens is 186 g/mol. The maximum absolute atomic E-state index is 8.73. The van der Waals surface area contributed by atoms with Crippen molar-refractivity contribution in [2.45, 2.75) is 37.6 Å². The maximum atomic E-state index is 8.73. The number of hydrogen-bond acceptors (Lipinski definition) is 2. The summed E-state index contributed by atoms with van der Waals surface area (Å²) in [5, 5.41) is 8.73. The molecule has 0 spiro atoms. The van der Waals surface area contributed by atoms with Crippen molar-refractivity contribution >= 4 is 0 Å². The summed E-state index contributed by atoms with van der Waals surface area (Å²) in [6.45, 7) is 0.271. The van der Waals surface area contributed by atoms with Gasteiger partial charge >= 0.3 is 0 Å². The number of aliphatic hydroxyl groups is 1. The van der Waals surface area contributed by atoms with E-state index in [0.717, 1.165) is 19.3 Å². The molecule has 1 fully saturated rings. The van der Waals surface area contributed by atoms with Crippen LogP contribution >= 0.6 is 0 Å². The summed E-state index contributed by atoms with van der Waals surface area (Å²) < 4.78 is 0. The highest BCUT2D eigenvalue weighted by molar-refractivity contribution is 5.25. The van der Waals surface area contributed by atoms with E-state index < -0.39 is 0 Å². The van der Waals surface area contributed by atoms with Crippen molar-refractivity contribution in [3.63, 3.8) is 0 Å². The van der Waals surface area contributed by atoms with E-state index in [2.05, 4.69) is 24.3 Å². The van der Waals surface area contributed by atoms with E-state index in [4.69, 9.17) is 10.8 Å². The number of nitrogens with two attached hydrogens (primary N) is 1. The highest BCUT2D eigenvalue weighted by Gasteiger charge is 2.37. The number of aryl methyl sites for hydroxylation is 1. The maximum Gasteiger partial charge on any atom is 0.0434 e. The lowest BCUT2D eigenvalue weighted by Gasteiger charge is -2.08. The minimum atomic E-state index is 0.104. The fraction of sp³-hybridized carbons (Fsp3) is 0.538. The Hall–Kier alpha value is -0.860. The van der Waals surface area contributed by atoms with Crippen LogP contribution < -0.4 is 5.73 Å². The first-order valence-corrected chi connectivity index (χ1v) is 5.69. The SMILES string of the molecule is NC1(Cc2ccc(CCCO)cc2)CC1. The third kappa shape index (κ3) is 3.05. The minimum absolute atomic E-state index is 0.104. The molecule has 1 aliphatic rings. The topological polar surface area (TPSA) is 46.2 Å².